The van der Waals surface area contributed by atoms with Gasteiger partial charge in [0.05, 0.1) is 10.0 Å². The van der Waals surface area contributed by atoms with E-state index in [9.17, 15) is 9.90 Å². The Morgan fingerprint density at radius 1 is 1.12 bits per heavy atom. The fourth-order valence-corrected chi connectivity index (χ4v) is 4.80. The minimum atomic E-state index is -0.178. The zero-order chi connectivity index (χ0) is 17.6. The van der Waals surface area contributed by atoms with Gasteiger partial charge in [0.1, 0.15) is 0 Å². The van der Waals surface area contributed by atoms with Gasteiger partial charge < -0.3 is 10.0 Å². The number of carbonyl (C=O) groups is 1. The van der Waals surface area contributed by atoms with E-state index in [1.165, 1.54) is 23.3 Å². The molecule has 5 heteroatoms. The third kappa shape index (κ3) is 2.90. The second-order valence-electron chi connectivity index (χ2n) is 6.84. The van der Waals surface area contributed by atoms with Crippen molar-refractivity contribution < 1.29 is 9.90 Å². The van der Waals surface area contributed by atoms with Crippen LogP contribution in [0.1, 0.15) is 46.7 Å². The number of aromatic hydroxyl groups is 1. The fraction of sp³-hybridized carbons (Fsp3) is 0.350. The van der Waals surface area contributed by atoms with Crippen molar-refractivity contribution in [3.63, 3.8) is 0 Å². The lowest BCUT2D eigenvalue weighted by Crippen LogP contribution is -2.49. The van der Waals surface area contributed by atoms with Crippen LogP contribution in [0.2, 0.25) is 10.0 Å². The molecular weight excluding hydrogens is 357 g/mol. The standard InChI is InChI=1S/C20H19Cl2NO2/c21-16-10-13(11-17(22)19(16)24)20(25)23-9-3-6-15-14-5-2-1-4-12(14)7-8-18(15)23/h1-2,4-5,10-11,15,18,24H,3,6-9H2/t15-,18+/m0/s1. The highest BCUT2D eigenvalue weighted by Gasteiger charge is 2.38. The average Bonchev–Trinajstić information content (AvgIpc) is 2.64. The number of benzene rings is 2. The van der Waals surface area contributed by atoms with Crippen LogP contribution in [0.3, 0.4) is 0 Å². The van der Waals surface area contributed by atoms with E-state index in [0.717, 1.165) is 32.2 Å². The smallest absolute Gasteiger partial charge is 0.254 e. The molecule has 1 N–H and O–H groups in total. The topological polar surface area (TPSA) is 40.5 Å². The summed E-state index contributed by atoms with van der Waals surface area (Å²) >= 11 is 12.0. The predicted octanol–water partition coefficient (Wildman–Crippen LogP) is 5.03. The molecule has 0 unspecified atom stereocenters. The van der Waals surface area contributed by atoms with Crippen LogP contribution in [0.5, 0.6) is 5.75 Å². The number of hydrogen-bond donors (Lipinski definition) is 1. The van der Waals surface area contributed by atoms with Gasteiger partial charge in [0.25, 0.3) is 5.91 Å². The van der Waals surface area contributed by atoms with Crippen molar-refractivity contribution in [1.29, 1.82) is 0 Å². The molecule has 2 aromatic rings. The van der Waals surface area contributed by atoms with Gasteiger partial charge in [-0.05, 0) is 48.9 Å². The highest BCUT2D eigenvalue weighted by Crippen LogP contribution is 2.41. The van der Waals surface area contributed by atoms with Gasteiger partial charge in [0.15, 0.2) is 5.75 Å². The molecule has 4 rings (SSSR count). The van der Waals surface area contributed by atoms with Crippen LogP contribution in [0.25, 0.3) is 0 Å². The molecule has 0 saturated carbocycles. The van der Waals surface area contributed by atoms with Crippen LogP contribution in [0.15, 0.2) is 36.4 Å². The molecule has 0 radical (unpaired) electrons. The number of phenolic OH excluding ortho intramolecular Hbond substituents is 1. The molecule has 0 spiro atoms. The maximum Gasteiger partial charge on any atom is 0.254 e. The minimum Gasteiger partial charge on any atom is -0.505 e. The Balaban J connectivity index is 1.66. The number of amides is 1. The van der Waals surface area contributed by atoms with Crippen molar-refractivity contribution in [3.8, 4) is 5.75 Å². The van der Waals surface area contributed by atoms with Gasteiger partial charge >= 0.3 is 0 Å². The number of piperidine rings is 1. The molecule has 2 aromatic carbocycles. The van der Waals surface area contributed by atoms with Crippen LogP contribution in [-0.2, 0) is 6.42 Å². The van der Waals surface area contributed by atoms with E-state index >= 15 is 0 Å². The van der Waals surface area contributed by atoms with E-state index in [2.05, 4.69) is 24.3 Å². The Hall–Kier alpha value is -1.71. The second kappa shape index (κ2) is 6.54. The summed E-state index contributed by atoms with van der Waals surface area (Å²) in [6.45, 7) is 0.748. The number of aryl methyl sites for hydroxylation is 1. The van der Waals surface area contributed by atoms with E-state index in [0.29, 0.717) is 11.5 Å². The van der Waals surface area contributed by atoms with Gasteiger partial charge in [-0.1, -0.05) is 47.5 Å². The Kier molecular flexibility index (Phi) is 4.38. The molecule has 25 heavy (non-hydrogen) atoms. The van der Waals surface area contributed by atoms with Crippen molar-refractivity contribution in [2.75, 3.05) is 6.54 Å². The zero-order valence-electron chi connectivity index (χ0n) is 13.7. The molecule has 1 fully saturated rings. The van der Waals surface area contributed by atoms with Crippen LogP contribution in [0, 0.1) is 0 Å². The molecule has 1 aliphatic heterocycles. The van der Waals surface area contributed by atoms with Gasteiger partial charge in [-0.25, -0.2) is 0 Å². The van der Waals surface area contributed by atoms with Gasteiger partial charge in [-0.15, -0.1) is 0 Å². The Morgan fingerprint density at radius 2 is 1.84 bits per heavy atom. The summed E-state index contributed by atoms with van der Waals surface area (Å²) in [5.74, 6) is 0.159. The maximum atomic E-state index is 13.1. The van der Waals surface area contributed by atoms with Gasteiger partial charge in [-0.2, -0.15) is 0 Å². The largest absolute Gasteiger partial charge is 0.505 e. The van der Waals surface area contributed by atoms with Gasteiger partial charge in [0.2, 0.25) is 0 Å². The molecule has 0 aromatic heterocycles. The first-order valence-corrected chi connectivity index (χ1v) is 9.38. The van der Waals surface area contributed by atoms with Crippen molar-refractivity contribution in [3.05, 3.63) is 63.1 Å². The van der Waals surface area contributed by atoms with Crippen LogP contribution in [-0.4, -0.2) is 28.5 Å². The maximum absolute atomic E-state index is 13.1. The first-order valence-electron chi connectivity index (χ1n) is 8.63. The second-order valence-corrected chi connectivity index (χ2v) is 7.66. The SMILES string of the molecule is O=C(c1cc(Cl)c(O)c(Cl)c1)N1CCC[C@H]2c3ccccc3CC[C@H]21. The summed E-state index contributed by atoms with van der Waals surface area (Å²) in [6.07, 6.45) is 4.08. The normalized spacial score (nSPS) is 22.2. The molecule has 2 aliphatic rings. The average molecular weight is 376 g/mol. The lowest BCUT2D eigenvalue weighted by Gasteiger charge is -2.45. The molecule has 0 bridgehead atoms. The van der Waals surface area contributed by atoms with Crippen molar-refractivity contribution in [1.82, 2.24) is 4.90 Å². The summed E-state index contributed by atoms with van der Waals surface area (Å²) in [5.41, 5.74) is 3.24. The first kappa shape index (κ1) is 16.7. The summed E-state index contributed by atoms with van der Waals surface area (Å²) in [7, 11) is 0. The first-order chi connectivity index (χ1) is 12.1. The molecule has 3 nitrogen and oxygen atoms in total. The number of fused-ring (bicyclic) bond motifs is 3. The van der Waals surface area contributed by atoms with Crippen molar-refractivity contribution in [2.24, 2.45) is 0 Å². The van der Waals surface area contributed by atoms with E-state index < -0.39 is 0 Å². The number of nitrogens with zero attached hydrogens (tertiary/aromatic N) is 1. The number of carbonyl (C=O) groups excluding carboxylic acids is 1. The highest BCUT2D eigenvalue weighted by molar-refractivity contribution is 6.37. The molecular formula is C20H19Cl2NO2. The Morgan fingerprint density at radius 3 is 2.60 bits per heavy atom. The van der Waals surface area contributed by atoms with Crippen LogP contribution in [0.4, 0.5) is 0 Å². The van der Waals surface area contributed by atoms with E-state index in [4.69, 9.17) is 23.2 Å². The molecule has 1 aliphatic carbocycles. The van der Waals surface area contributed by atoms with Gasteiger partial charge in [-0.3, -0.25) is 4.79 Å². The van der Waals surface area contributed by atoms with Crippen molar-refractivity contribution >= 4 is 29.1 Å². The summed E-state index contributed by atoms with van der Waals surface area (Å²) in [6, 6.07) is 11.8. The van der Waals surface area contributed by atoms with E-state index in [-0.39, 0.29) is 27.7 Å². The summed E-state index contributed by atoms with van der Waals surface area (Å²) in [4.78, 5) is 15.1. The number of phenols is 1. The Bertz CT molecular complexity index is 813. The number of rotatable bonds is 1. The monoisotopic (exact) mass is 375 g/mol. The van der Waals surface area contributed by atoms with E-state index in [1.54, 1.807) is 0 Å². The number of hydrogen-bond acceptors (Lipinski definition) is 2. The molecule has 2 atom stereocenters. The highest BCUT2D eigenvalue weighted by atomic mass is 35.5. The number of likely N-dealkylation sites (tertiary alicyclic amines) is 1. The predicted molar refractivity (Wildman–Crippen MR) is 99.7 cm³/mol. The molecule has 1 heterocycles. The molecule has 1 saturated heterocycles. The summed E-state index contributed by atoms with van der Waals surface area (Å²) < 4.78 is 0. The quantitative estimate of drug-likeness (QED) is 0.758. The summed E-state index contributed by atoms with van der Waals surface area (Å²) in [5, 5.41) is 9.95. The lowest BCUT2D eigenvalue weighted by molar-refractivity contribution is 0.0547. The molecule has 130 valence electrons. The zero-order valence-corrected chi connectivity index (χ0v) is 15.2. The van der Waals surface area contributed by atoms with Crippen LogP contribution >= 0.6 is 23.2 Å². The molecule has 1 amide bonds. The minimum absolute atomic E-state index is 0.0575. The Labute approximate surface area is 157 Å². The fourth-order valence-electron chi connectivity index (χ4n) is 4.31. The van der Waals surface area contributed by atoms with Gasteiger partial charge in [0, 0.05) is 24.1 Å². The lowest BCUT2D eigenvalue weighted by atomic mass is 9.74. The third-order valence-corrected chi connectivity index (χ3v) is 6.04. The third-order valence-electron chi connectivity index (χ3n) is 5.47. The van der Waals surface area contributed by atoms with E-state index in [1.807, 2.05) is 4.90 Å². The number of halogens is 2. The van der Waals surface area contributed by atoms with Crippen LogP contribution < -0.4 is 0 Å². The van der Waals surface area contributed by atoms with Crippen molar-refractivity contribution in [2.45, 2.75) is 37.6 Å².